The molecule has 0 saturated carbocycles. The summed E-state index contributed by atoms with van der Waals surface area (Å²) in [6.45, 7) is 2.99. The molecule has 0 aromatic rings. The molecule has 0 radical (unpaired) electrons. The predicted octanol–water partition coefficient (Wildman–Crippen LogP) is 0.403. The molecular formula is C9H15NO3. The largest absolute Gasteiger partial charge is 0.338 e. The third-order valence-corrected chi connectivity index (χ3v) is 1.58. The Hall–Kier alpha value is -1.19. The van der Waals surface area contributed by atoms with E-state index in [2.05, 4.69) is 0 Å². The Balaban J connectivity index is 3.82. The van der Waals surface area contributed by atoms with E-state index in [9.17, 15) is 14.4 Å². The summed E-state index contributed by atoms with van der Waals surface area (Å²) in [7, 11) is 1.56. The molecule has 0 bridgehead atoms. The van der Waals surface area contributed by atoms with Crippen molar-refractivity contribution in [2.75, 3.05) is 13.6 Å². The van der Waals surface area contributed by atoms with E-state index in [1.54, 1.807) is 7.05 Å². The van der Waals surface area contributed by atoms with Gasteiger partial charge in [-0.2, -0.15) is 0 Å². The van der Waals surface area contributed by atoms with Crippen molar-refractivity contribution in [1.29, 1.82) is 0 Å². The molecule has 0 heterocycles. The van der Waals surface area contributed by atoms with Gasteiger partial charge in [0.05, 0.1) is 6.54 Å². The van der Waals surface area contributed by atoms with Gasteiger partial charge in [-0.05, 0) is 13.8 Å². The maximum absolute atomic E-state index is 11.2. The smallest absolute Gasteiger partial charge is 0.223 e. The molecule has 0 rings (SSSR count). The third kappa shape index (κ3) is 6.02. The van der Waals surface area contributed by atoms with Gasteiger partial charge in [-0.25, -0.2) is 0 Å². The van der Waals surface area contributed by atoms with Gasteiger partial charge >= 0.3 is 0 Å². The standard InChI is InChI=1S/C9H15NO3/c1-7(11)4-5-9(13)10(3)6-8(2)12/h4-6H2,1-3H3. The molecular weight excluding hydrogens is 170 g/mol. The molecule has 0 aromatic carbocycles. The van der Waals surface area contributed by atoms with Crippen LogP contribution in [0.25, 0.3) is 0 Å². The van der Waals surface area contributed by atoms with Gasteiger partial charge in [-0.3, -0.25) is 9.59 Å². The molecule has 0 spiro atoms. The molecule has 0 unspecified atom stereocenters. The minimum absolute atomic E-state index is 0.00965. The van der Waals surface area contributed by atoms with Crippen LogP contribution < -0.4 is 0 Å². The van der Waals surface area contributed by atoms with Crippen LogP contribution in [0.5, 0.6) is 0 Å². The fourth-order valence-corrected chi connectivity index (χ4v) is 0.896. The van der Waals surface area contributed by atoms with Gasteiger partial charge in [0.15, 0.2) is 0 Å². The highest BCUT2D eigenvalue weighted by molar-refractivity contribution is 5.87. The van der Waals surface area contributed by atoms with Gasteiger partial charge in [-0.1, -0.05) is 0 Å². The lowest BCUT2D eigenvalue weighted by molar-refractivity contribution is -0.134. The number of amides is 1. The van der Waals surface area contributed by atoms with Gasteiger partial charge in [-0.15, -0.1) is 0 Å². The molecule has 74 valence electrons. The molecule has 0 aromatic heterocycles. The monoisotopic (exact) mass is 185 g/mol. The highest BCUT2D eigenvalue weighted by Crippen LogP contribution is 1.96. The van der Waals surface area contributed by atoms with E-state index >= 15 is 0 Å². The van der Waals surface area contributed by atoms with Crippen LogP contribution in [0.1, 0.15) is 26.7 Å². The SMILES string of the molecule is CC(=O)CCC(=O)N(C)CC(C)=O. The van der Waals surface area contributed by atoms with Crippen molar-refractivity contribution < 1.29 is 14.4 Å². The number of carbonyl (C=O) groups excluding carboxylic acids is 3. The highest BCUT2D eigenvalue weighted by atomic mass is 16.2. The number of rotatable bonds is 5. The molecule has 4 heteroatoms. The van der Waals surface area contributed by atoms with E-state index in [0.717, 1.165) is 0 Å². The molecule has 0 aliphatic rings. The Morgan fingerprint density at radius 1 is 1.00 bits per heavy atom. The van der Waals surface area contributed by atoms with E-state index in [1.807, 2.05) is 0 Å². The number of ketones is 2. The summed E-state index contributed by atoms with van der Waals surface area (Å²) in [6, 6.07) is 0. The number of carbonyl (C=O) groups is 3. The third-order valence-electron chi connectivity index (χ3n) is 1.58. The lowest BCUT2D eigenvalue weighted by Gasteiger charge is -2.14. The summed E-state index contributed by atoms with van der Waals surface area (Å²) >= 11 is 0. The molecule has 0 atom stereocenters. The topological polar surface area (TPSA) is 54.5 Å². The first-order chi connectivity index (χ1) is 5.93. The molecule has 0 fully saturated rings. The number of Topliss-reactive ketones (excluding diaryl/α,β-unsaturated/α-hetero) is 2. The summed E-state index contributed by atoms with van der Waals surface area (Å²) in [5, 5.41) is 0. The quantitative estimate of drug-likeness (QED) is 0.623. The van der Waals surface area contributed by atoms with Crippen molar-refractivity contribution in [2.45, 2.75) is 26.7 Å². The molecule has 0 N–H and O–H groups in total. The highest BCUT2D eigenvalue weighted by Gasteiger charge is 2.10. The number of likely N-dealkylation sites (N-methyl/N-ethyl adjacent to an activating group) is 1. The molecule has 0 aliphatic carbocycles. The average molecular weight is 185 g/mol. The van der Waals surface area contributed by atoms with E-state index in [1.165, 1.54) is 18.7 Å². The maximum atomic E-state index is 11.2. The van der Waals surface area contributed by atoms with Crippen molar-refractivity contribution in [3.8, 4) is 0 Å². The minimum Gasteiger partial charge on any atom is -0.338 e. The van der Waals surface area contributed by atoms with E-state index in [0.29, 0.717) is 0 Å². The van der Waals surface area contributed by atoms with Gasteiger partial charge in [0.2, 0.25) is 5.91 Å². The van der Waals surface area contributed by atoms with Gasteiger partial charge in [0, 0.05) is 19.9 Å². The first kappa shape index (κ1) is 11.8. The first-order valence-electron chi connectivity index (χ1n) is 4.16. The van der Waals surface area contributed by atoms with Gasteiger partial charge in [0.25, 0.3) is 0 Å². The Morgan fingerprint density at radius 3 is 1.92 bits per heavy atom. The Kier molecular flexibility index (Phi) is 4.96. The van der Waals surface area contributed by atoms with Crippen molar-refractivity contribution in [2.24, 2.45) is 0 Å². The zero-order chi connectivity index (χ0) is 10.4. The fourth-order valence-electron chi connectivity index (χ4n) is 0.896. The van der Waals surface area contributed by atoms with Gasteiger partial charge < -0.3 is 9.69 Å². The zero-order valence-electron chi connectivity index (χ0n) is 8.29. The lowest BCUT2D eigenvalue weighted by atomic mass is 10.2. The number of hydrogen-bond donors (Lipinski definition) is 0. The van der Waals surface area contributed by atoms with E-state index < -0.39 is 0 Å². The molecule has 13 heavy (non-hydrogen) atoms. The second-order valence-corrected chi connectivity index (χ2v) is 3.15. The first-order valence-corrected chi connectivity index (χ1v) is 4.16. The van der Waals surface area contributed by atoms with Crippen LogP contribution in [0.4, 0.5) is 0 Å². The van der Waals surface area contributed by atoms with Crippen LogP contribution in [0.3, 0.4) is 0 Å². The van der Waals surface area contributed by atoms with E-state index in [-0.39, 0.29) is 36.9 Å². The normalized spacial score (nSPS) is 9.46. The Labute approximate surface area is 77.9 Å². The van der Waals surface area contributed by atoms with Crippen molar-refractivity contribution in [3.05, 3.63) is 0 Å². The van der Waals surface area contributed by atoms with Crippen LogP contribution in [0.15, 0.2) is 0 Å². The zero-order valence-corrected chi connectivity index (χ0v) is 8.29. The van der Waals surface area contributed by atoms with Crippen molar-refractivity contribution >= 4 is 17.5 Å². The second kappa shape index (κ2) is 5.45. The Morgan fingerprint density at radius 2 is 1.54 bits per heavy atom. The van der Waals surface area contributed by atoms with E-state index in [4.69, 9.17) is 0 Å². The van der Waals surface area contributed by atoms with Crippen molar-refractivity contribution in [3.63, 3.8) is 0 Å². The van der Waals surface area contributed by atoms with Crippen LogP contribution in [0.2, 0.25) is 0 Å². The molecule has 0 aliphatic heterocycles. The summed E-state index contributed by atoms with van der Waals surface area (Å²) in [5.41, 5.74) is 0. The van der Waals surface area contributed by atoms with Crippen LogP contribution in [-0.2, 0) is 14.4 Å². The summed E-state index contributed by atoms with van der Waals surface area (Å²) in [4.78, 5) is 33.7. The van der Waals surface area contributed by atoms with Crippen LogP contribution in [0, 0.1) is 0 Å². The van der Waals surface area contributed by atoms with Crippen LogP contribution in [-0.4, -0.2) is 36.0 Å². The van der Waals surface area contributed by atoms with Crippen molar-refractivity contribution in [1.82, 2.24) is 4.90 Å². The summed E-state index contributed by atoms with van der Waals surface area (Å²) in [5.74, 6) is -0.228. The van der Waals surface area contributed by atoms with Gasteiger partial charge in [0.1, 0.15) is 11.6 Å². The maximum Gasteiger partial charge on any atom is 0.223 e. The van der Waals surface area contributed by atoms with Crippen LogP contribution >= 0.6 is 0 Å². The summed E-state index contributed by atoms with van der Waals surface area (Å²) in [6.07, 6.45) is 0.445. The summed E-state index contributed by atoms with van der Waals surface area (Å²) < 4.78 is 0. The molecule has 0 saturated heterocycles. The Bertz CT molecular complexity index is 223. The average Bonchev–Trinajstić information content (AvgIpc) is 1.98. The molecule has 1 amide bonds. The fraction of sp³-hybridized carbons (Fsp3) is 0.667. The number of nitrogens with zero attached hydrogens (tertiary/aromatic N) is 1. The second-order valence-electron chi connectivity index (χ2n) is 3.15. The lowest BCUT2D eigenvalue weighted by Crippen LogP contribution is -2.31. The minimum atomic E-state index is -0.162. The number of hydrogen-bond acceptors (Lipinski definition) is 3. The molecule has 4 nitrogen and oxygen atoms in total. The predicted molar refractivity (Wildman–Crippen MR) is 48.2 cm³/mol.